The lowest BCUT2D eigenvalue weighted by atomic mass is 10.0. The normalized spacial score (nSPS) is 11.9. The van der Waals surface area contributed by atoms with E-state index in [1.807, 2.05) is 0 Å². The van der Waals surface area contributed by atoms with E-state index < -0.39 is 0 Å². The second kappa shape index (κ2) is 19.2. The van der Waals surface area contributed by atoms with Gasteiger partial charge in [-0.25, -0.2) is 4.79 Å². The monoisotopic (exact) mass is 321 g/mol. The van der Waals surface area contributed by atoms with Gasteiger partial charge in [0.25, 0.3) is 0 Å². The van der Waals surface area contributed by atoms with Gasteiger partial charge in [0.2, 0.25) is 6.08 Å². The van der Waals surface area contributed by atoms with Gasteiger partial charge in [0, 0.05) is 0 Å². The summed E-state index contributed by atoms with van der Waals surface area (Å²) in [6.07, 6.45) is 25.0. The zero-order valence-corrected chi connectivity index (χ0v) is 15.5. The van der Waals surface area contributed by atoms with Crippen molar-refractivity contribution in [1.29, 1.82) is 0 Å². The van der Waals surface area contributed by atoms with Crippen LogP contribution in [0.3, 0.4) is 0 Å². The fraction of sp³-hybridized carbons (Fsp3) is 0.857. The quantitative estimate of drug-likeness (QED) is 0.114. The number of isocyanates is 1. The van der Waals surface area contributed by atoms with E-state index in [-0.39, 0.29) is 6.04 Å². The summed E-state index contributed by atoms with van der Waals surface area (Å²) in [4.78, 5) is 13.9. The van der Waals surface area contributed by atoms with Crippen molar-refractivity contribution >= 4 is 6.08 Å². The van der Waals surface area contributed by atoms with E-state index in [2.05, 4.69) is 18.5 Å². The summed E-state index contributed by atoms with van der Waals surface area (Å²) >= 11 is 0. The second-order valence-electron chi connectivity index (χ2n) is 6.76. The Morgan fingerprint density at radius 2 is 1.17 bits per heavy atom. The van der Waals surface area contributed by atoms with E-state index in [0.29, 0.717) is 0 Å². The third-order valence-corrected chi connectivity index (χ3v) is 4.59. The van der Waals surface area contributed by atoms with Gasteiger partial charge in [-0.05, 0) is 6.42 Å². The molecule has 1 unspecified atom stereocenters. The number of hydrogen-bond acceptors (Lipinski definition) is 2. The van der Waals surface area contributed by atoms with Crippen LogP contribution in [0, 0.1) is 0 Å². The van der Waals surface area contributed by atoms with Crippen molar-refractivity contribution in [2.45, 2.75) is 116 Å². The van der Waals surface area contributed by atoms with Gasteiger partial charge in [-0.3, -0.25) is 0 Å². The molecule has 0 fully saturated rings. The van der Waals surface area contributed by atoms with E-state index in [4.69, 9.17) is 0 Å². The van der Waals surface area contributed by atoms with Crippen LogP contribution in [-0.2, 0) is 4.79 Å². The summed E-state index contributed by atoms with van der Waals surface area (Å²) in [7, 11) is 0. The van der Waals surface area contributed by atoms with Crippen LogP contribution >= 0.6 is 0 Å². The first-order valence-electron chi connectivity index (χ1n) is 10.0. The Morgan fingerprint density at radius 3 is 1.52 bits per heavy atom. The molecule has 0 aromatic rings. The van der Waals surface area contributed by atoms with Gasteiger partial charge in [0.1, 0.15) is 0 Å². The van der Waals surface area contributed by atoms with E-state index in [0.717, 1.165) is 12.8 Å². The first kappa shape index (κ1) is 22.1. The van der Waals surface area contributed by atoms with Gasteiger partial charge in [-0.15, -0.1) is 6.58 Å². The number of carbonyl (C=O) groups excluding carboxylic acids is 1. The van der Waals surface area contributed by atoms with Gasteiger partial charge >= 0.3 is 0 Å². The lowest BCUT2D eigenvalue weighted by Crippen LogP contribution is -1.98. The highest BCUT2D eigenvalue weighted by molar-refractivity contribution is 5.34. The van der Waals surface area contributed by atoms with Crippen LogP contribution < -0.4 is 0 Å². The molecule has 1 atom stereocenters. The van der Waals surface area contributed by atoms with Crippen LogP contribution in [0.2, 0.25) is 0 Å². The van der Waals surface area contributed by atoms with Crippen molar-refractivity contribution in [3.8, 4) is 0 Å². The summed E-state index contributed by atoms with van der Waals surface area (Å²) in [6, 6.07) is -0.0190. The van der Waals surface area contributed by atoms with E-state index in [1.165, 1.54) is 89.9 Å². The maximum atomic E-state index is 10.2. The molecule has 2 heteroatoms. The number of aliphatic imine (C=N–C) groups is 1. The van der Waals surface area contributed by atoms with Gasteiger partial charge in [-0.1, -0.05) is 109 Å². The van der Waals surface area contributed by atoms with Crippen molar-refractivity contribution in [3.63, 3.8) is 0 Å². The standard InChI is InChI=1S/C21H39NO/c1-3-5-6-7-8-9-10-11-12-13-14-15-16-17-18-19-21(4-2)22-20-23/h4,21H,2-3,5-19H2,1H3. The molecule has 0 saturated carbocycles. The minimum atomic E-state index is -0.0190. The highest BCUT2D eigenvalue weighted by Gasteiger charge is 2.00. The maximum absolute atomic E-state index is 10.2. The molecule has 0 aliphatic rings. The number of nitrogens with zero attached hydrogens (tertiary/aromatic N) is 1. The molecule has 0 N–H and O–H groups in total. The fourth-order valence-corrected chi connectivity index (χ4v) is 3.03. The van der Waals surface area contributed by atoms with E-state index in [1.54, 1.807) is 12.2 Å². The number of rotatable bonds is 18. The summed E-state index contributed by atoms with van der Waals surface area (Å²) in [6.45, 7) is 5.97. The smallest absolute Gasteiger partial charge is 0.211 e. The molecule has 0 aromatic carbocycles. The van der Waals surface area contributed by atoms with Crippen LogP contribution in [0.1, 0.15) is 110 Å². The molecule has 0 radical (unpaired) electrons. The van der Waals surface area contributed by atoms with Gasteiger partial charge in [-0.2, -0.15) is 4.99 Å². The predicted molar refractivity (Wildman–Crippen MR) is 102 cm³/mol. The Balaban J connectivity index is 3.13. The second-order valence-corrected chi connectivity index (χ2v) is 6.76. The minimum absolute atomic E-state index is 0.0190. The van der Waals surface area contributed by atoms with Crippen LogP contribution in [0.15, 0.2) is 17.6 Å². The van der Waals surface area contributed by atoms with Gasteiger partial charge in [0.05, 0.1) is 6.04 Å². The first-order valence-corrected chi connectivity index (χ1v) is 10.0. The summed E-state index contributed by atoms with van der Waals surface area (Å²) in [5.41, 5.74) is 0. The summed E-state index contributed by atoms with van der Waals surface area (Å²) in [5, 5.41) is 0. The van der Waals surface area contributed by atoms with Crippen molar-refractivity contribution in [3.05, 3.63) is 12.7 Å². The average molecular weight is 322 g/mol. The molecule has 0 aliphatic carbocycles. The van der Waals surface area contributed by atoms with Crippen LogP contribution in [0.5, 0.6) is 0 Å². The van der Waals surface area contributed by atoms with Crippen LogP contribution in [-0.4, -0.2) is 12.1 Å². The number of unbranched alkanes of at least 4 members (excludes halogenated alkanes) is 14. The van der Waals surface area contributed by atoms with Crippen molar-refractivity contribution in [2.24, 2.45) is 4.99 Å². The number of hydrogen-bond donors (Lipinski definition) is 0. The molecule has 2 nitrogen and oxygen atoms in total. The molecule has 0 saturated heterocycles. The molecular weight excluding hydrogens is 282 g/mol. The third kappa shape index (κ3) is 17.3. The van der Waals surface area contributed by atoms with E-state index >= 15 is 0 Å². The van der Waals surface area contributed by atoms with E-state index in [9.17, 15) is 4.79 Å². The lowest BCUT2D eigenvalue weighted by molar-refractivity contribution is 0.524. The summed E-state index contributed by atoms with van der Waals surface area (Å²) < 4.78 is 0. The lowest BCUT2D eigenvalue weighted by Gasteiger charge is -2.05. The highest BCUT2D eigenvalue weighted by atomic mass is 16.1. The Kier molecular flexibility index (Phi) is 18.4. The first-order chi connectivity index (χ1) is 11.3. The molecular formula is C21H39NO. The van der Waals surface area contributed by atoms with Gasteiger partial charge < -0.3 is 0 Å². The topological polar surface area (TPSA) is 29.4 Å². The zero-order chi connectivity index (χ0) is 17.0. The predicted octanol–water partition coefficient (Wildman–Crippen LogP) is 7.14. The highest BCUT2D eigenvalue weighted by Crippen LogP contribution is 2.14. The SMILES string of the molecule is C=CC(CCCCCCCCCCCCCCCCC)N=C=O. The Hall–Kier alpha value is -0.880. The average Bonchev–Trinajstić information content (AvgIpc) is 2.57. The third-order valence-electron chi connectivity index (χ3n) is 4.59. The molecule has 0 rings (SSSR count). The molecule has 0 heterocycles. The van der Waals surface area contributed by atoms with Crippen LogP contribution in [0.4, 0.5) is 0 Å². The van der Waals surface area contributed by atoms with Crippen molar-refractivity contribution in [2.75, 3.05) is 0 Å². The zero-order valence-electron chi connectivity index (χ0n) is 15.5. The molecule has 0 bridgehead atoms. The Labute approximate surface area is 144 Å². The molecule has 0 aliphatic heterocycles. The van der Waals surface area contributed by atoms with Crippen molar-refractivity contribution in [1.82, 2.24) is 0 Å². The minimum Gasteiger partial charge on any atom is -0.211 e. The molecule has 0 aromatic heterocycles. The molecule has 0 amide bonds. The molecule has 0 spiro atoms. The van der Waals surface area contributed by atoms with Crippen LogP contribution in [0.25, 0.3) is 0 Å². The Bertz CT molecular complexity index is 294. The van der Waals surface area contributed by atoms with Crippen molar-refractivity contribution < 1.29 is 4.79 Å². The Morgan fingerprint density at radius 1 is 0.783 bits per heavy atom. The maximum Gasteiger partial charge on any atom is 0.235 e. The van der Waals surface area contributed by atoms with Gasteiger partial charge in [0.15, 0.2) is 0 Å². The molecule has 23 heavy (non-hydrogen) atoms. The largest absolute Gasteiger partial charge is 0.235 e. The fourth-order valence-electron chi connectivity index (χ4n) is 3.03. The summed E-state index contributed by atoms with van der Waals surface area (Å²) in [5.74, 6) is 0. The molecule has 134 valence electrons.